The number of aryl methyl sites for hydroxylation is 2. The average molecular weight is 425 g/mol. The third-order valence-corrected chi connectivity index (χ3v) is 5.29. The number of hydrogen-bond donors (Lipinski definition) is 1. The fourth-order valence-corrected chi connectivity index (χ4v) is 3.78. The van der Waals surface area contributed by atoms with Crippen LogP contribution in [0.4, 0.5) is 5.69 Å². The van der Waals surface area contributed by atoms with E-state index in [-0.39, 0.29) is 12.5 Å². The Morgan fingerprint density at radius 3 is 2.71 bits per heavy atom. The van der Waals surface area contributed by atoms with Gasteiger partial charge >= 0.3 is 0 Å². The van der Waals surface area contributed by atoms with E-state index in [1.807, 2.05) is 18.2 Å². The van der Waals surface area contributed by atoms with Gasteiger partial charge in [0.2, 0.25) is 0 Å². The summed E-state index contributed by atoms with van der Waals surface area (Å²) < 4.78 is 27.6. The normalized spacial score (nSPS) is 13.0. The molecule has 4 rings (SSSR count). The van der Waals surface area contributed by atoms with Crippen LogP contribution in [0.1, 0.15) is 24.2 Å². The summed E-state index contributed by atoms with van der Waals surface area (Å²) in [6, 6.07) is 10.9. The Morgan fingerprint density at radius 2 is 1.87 bits per heavy atom. The van der Waals surface area contributed by atoms with Crippen LogP contribution in [0.25, 0.3) is 11.0 Å². The van der Waals surface area contributed by atoms with Gasteiger partial charge < -0.3 is 28.7 Å². The van der Waals surface area contributed by atoms with Crippen LogP contribution in [0, 0.1) is 0 Å². The highest BCUT2D eigenvalue weighted by Crippen LogP contribution is 2.34. The van der Waals surface area contributed by atoms with Crippen molar-refractivity contribution in [2.45, 2.75) is 25.7 Å². The van der Waals surface area contributed by atoms with E-state index < -0.39 is 0 Å². The van der Waals surface area contributed by atoms with Crippen molar-refractivity contribution in [3.63, 3.8) is 0 Å². The van der Waals surface area contributed by atoms with Gasteiger partial charge in [-0.2, -0.15) is 0 Å². The number of benzene rings is 2. The Bertz CT molecular complexity index is 1060. The summed E-state index contributed by atoms with van der Waals surface area (Å²) in [7, 11) is 3.18. The molecule has 1 aliphatic carbocycles. The zero-order valence-electron chi connectivity index (χ0n) is 17.9. The van der Waals surface area contributed by atoms with Crippen molar-refractivity contribution >= 4 is 22.6 Å². The number of nitrogens with one attached hydrogen (secondary N) is 1. The molecule has 31 heavy (non-hydrogen) atoms. The maximum atomic E-state index is 12.4. The minimum atomic E-state index is -0.262. The molecule has 1 N–H and O–H groups in total. The van der Waals surface area contributed by atoms with Crippen LogP contribution < -0.4 is 19.5 Å². The minimum Gasteiger partial charge on any atom is -0.493 e. The summed E-state index contributed by atoms with van der Waals surface area (Å²) in [6.45, 7) is 0.739. The highest BCUT2D eigenvalue weighted by molar-refractivity contribution is 5.92. The van der Waals surface area contributed by atoms with Gasteiger partial charge in [-0.1, -0.05) is 0 Å². The molecule has 0 radical (unpaired) electrons. The molecular formula is C24H27NO6. The summed E-state index contributed by atoms with van der Waals surface area (Å²) in [4.78, 5) is 12.4. The molecule has 0 aliphatic heterocycles. The van der Waals surface area contributed by atoms with Crippen molar-refractivity contribution in [1.29, 1.82) is 0 Å². The average Bonchev–Trinajstić information content (AvgIpc) is 3.16. The van der Waals surface area contributed by atoms with Gasteiger partial charge in [-0.3, -0.25) is 4.79 Å². The number of hydrogen-bond acceptors (Lipinski definition) is 6. The summed E-state index contributed by atoms with van der Waals surface area (Å²) >= 11 is 0. The number of rotatable bonds is 9. The second-order valence-corrected chi connectivity index (χ2v) is 7.41. The quantitative estimate of drug-likeness (QED) is 0.513. The zero-order valence-corrected chi connectivity index (χ0v) is 17.9. The molecule has 1 amide bonds. The number of anilines is 1. The highest BCUT2D eigenvalue weighted by Gasteiger charge is 2.18. The molecular weight excluding hydrogens is 398 g/mol. The molecule has 1 aromatic heterocycles. The molecule has 7 heteroatoms. The molecule has 0 atom stereocenters. The molecule has 0 spiro atoms. The number of fused-ring (bicyclic) bond motifs is 3. The molecule has 7 nitrogen and oxygen atoms in total. The summed E-state index contributed by atoms with van der Waals surface area (Å²) in [5.41, 5.74) is 2.75. The minimum absolute atomic E-state index is 0.0998. The van der Waals surface area contributed by atoms with Gasteiger partial charge in [-0.25, -0.2) is 0 Å². The van der Waals surface area contributed by atoms with E-state index in [9.17, 15) is 4.79 Å². The molecule has 0 fully saturated rings. The number of carbonyl (C=O) groups excluding carboxylic acids is 1. The molecule has 3 aromatic rings. The number of ether oxygens (including phenoxy) is 4. The Kier molecular flexibility index (Phi) is 6.62. The smallest absolute Gasteiger partial charge is 0.262 e. The number of carbonyl (C=O) groups is 1. The lowest BCUT2D eigenvalue weighted by Gasteiger charge is -2.13. The van der Waals surface area contributed by atoms with Gasteiger partial charge in [0.15, 0.2) is 18.1 Å². The maximum absolute atomic E-state index is 12.4. The second-order valence-electron chi connectivity index (χ2n) is 7.41. The zero-order chi connectivity index (χ0) is 21.6. The number of amides is 1. The Balaban J connectivity index is 1.38. The summed E-state index contributed by atoms with van der Waals surface area (Å²) in [6.07, 6.45) is 4.36. The molecule has 2 aromatic carbocycles. The van der Waals surface area contributed by atoms with Crippen LogP contribution in [0.5, 0.6) is 17.2 Å². The van der Waals surface area contributed by atoms with Crippen LogP contribution in [-0.4, -0.2) is 39.9 Å². The molecule has 0 saturated carbocycles. The molecule has 164 valence electrons. The third-order valence-electron chi connectivity index (χ3n) is 5.29. The monoisotopic (exact) mass is 425 g/mol. The molecule has 0 unspecified atom stereocenters. The van der Waals surface area contributed by atoms with Crippen molar-refractivity contribution in [2.75, 3.05) is 39.4 Å². The van der Waals surface area contributed by atoms with E-state index in [2.05, 4.69) is 5.32 Å². The first kappa shape index (κ1) is 21.1. The van der Waals surface area contributed by atoms with Crippen molar-refractivity contribution in [1.82, 2.24) is 0 Å². The van der Waals surface area contributed by atoms with Crippen molar-refractivity contribution in [3.05, 3.63) is 47.7 Å². The third kappa shape index (κ3) is 4.94. The lowest BCUT2D eigenvalue weighted by molar-refractivity contribution is -0.118. The fraction of sp³-hybridized carbons (Fsp3) is 0.375. The molecule has 0 saturated heterocycles. The Hall–Kier alpha value is -3.19. The number of furan rings is 1. The first-order chi connectivity index (χ1) is 15.2. The van der Waals surface area contributed by atoms with E-state index in [4.69, 9.17) is 23.4 Å². The Morgan fingerprint density at radius 1 is 1.00 bits per heavy atom. The number of methoxy groups -OCH3 is 2. The fourth-order valence-electron chi connectivity index (χ4n) is 3.78. The lowest BCUT2D eigenvalue weighted by Crippen LogP contribution is -2.20. The van der Waals surface area contributed by atoms with Crippen molar-refractivity contribution in [3.8, 4) is 17.2 Å². The van der Waals surface area contributed by atoms with E-state index >= 15 is 0 Å². The van der Waals surface area contributed by atoms with Crippen LogP contribution >= 0.6 is 0 Å². The van der Waals surface area contributed by atoms with E-state index in [0.717, 1.165) is 29.6 Å². The van der Waals surface area contributed by atoms with E-state index in [1.165, 1.54) is 18.4 Å². The predicted molar refractivity (Wildman–Crippen MR) is 117 cm³/mol. The van der Waals surface area contributed by atoms with Gasteiger partial charge in [0, 0.05) is 36.2 Å². The van der Waals surface area contributed by atoms with Crippen molar-refractivity contribution < 1.29 is 28.2 Å². The standard InChI is InChI=1S/C24H27NO6/c1-27-11-12-29-23-13-16(7-9-22(23)28-2)25-24(26)15-30-17-8-10-21-19(14-17)18-5-3-4-6-20(18)31-21/h7-10,13-14H,3-6,11-12,15H2,1-2H3,(H,25,26). The first-order valence-corrected chi connectivity index (χ1v) is 10.4. The van der Waals surface area contributed by atoms with Gasteiger partial charge in [-0.15, -0.1) is 0 Å². The second kappa shape index (κ2) is 9.75. The van der Waals surface area contributed by atoms with Crippen LogP contribution in [-0.2, 0) is 22.4 Å². The van der Waals surface area contributed by atoms with Crippen molar-refractivity contribution in [2.24, 2.45) is 0 Å². The SMILES string of the molecule is COCCOc1cc(NC(=O)COc2ccc3oc4c(c3c2)CCCC4)ccc1OC. The van der Waals surface area contributed by atoms with E-state index in [1.54, 1.807) is 32.4 Å². The predicted octanol–water partition coefficient (Wildman–Crippen LogP) is 4.36. The topological polar surface area (TPSA) is 79.2 Å². The van der Waals surface area contributed by atoms with Gasteiger partial charge in [0.05, 0.1) is 13.7 Å². The van der Waals surface area contributed by atoms with Gasteiger partial charge in [0.25, 0.3) is 5.91 Å². The van der Waals surface area contributed by atoms with Crippen LogP contribution in [0.15, 0.2) is 40.8 Å². The lowest BCUT2D eigenvalue weighted by atomic mass is 9.96. The van der Waals surface area contributed by atoms with Gasteiger partial charge in [-0.05, 0) is 49.6 Å². The Labute approximate surface area is 181 Å². The molecule has 1 aliphatic rings. The maximum Gasteiger partial charge on any atom is 0.262 e. The first-order valence-electron chi connectivity index (χ1n) is 10.4. The molecule has 0 bridgehead atoms. The summed E-state index contributed by atoms with van der Waals surface area (Å²) in [5, 5.41) is 3.91. The highest BCUT2D eigenvalue weighted by atomic mass is 16.5. The van der Waals surface area contributed by atoms with Crippen LogP contribution in [0.2, 0.25) is 0 Å². The molecule has 1 heterocycles. The summed E-state index contributed by atoms with van der Waals surface area (Å²) in [5.74, 6) is 2.59. The largest absolute Gasteiger partial charge is 0.493 e. The van der Waals surface area contributed by atoms with Crippen LogP contribution in [0.3, 0.4) is 0 Å². The van der Waals surface area contributed by atoms with Gasteiger partial charge in [0.1, 0.15) is 23.7 Å². The van der Waals surface area contributed by atoms with E-state index in [0.29, 0.717) is 36.1 Å².